The second-order valence-corrected chi connectivity index (χ2v) is 7.82. The number of aryl methyl sites for hydroxylation is 1. The Bertz CT molecular complexity index is 586. The van der Waals surface area contributed by atoms with Crippen molar-refractivity contribution in [2.24, 2.45) is 4.99 Å². The number of rotatable bonds is 7. The molecule has 0 aliphatic rings. The average molecular weight is 453 g/mol. The Balaban J connectivity index is 0.00000484. The number of sulfone groups is 1. The zero-order valence-corrected chi connectivity index (χ0v) is 17.5. The summed E-state index contributed by atoms with van der Waals surface area (Å²) < 4.78 is 22.3. The van der Waals surface area contributed by atoms with Crippen molar-refractivity contribution in [1.82, 2.24) is 10.2 Å². The van der Waals surface area contributed by atoms with Crippen molar-refractivity contribution in [3.05, 3.63) is 35.4 Å². The van der Waals surface area contributed by atoms with Gasteiger partial charge in [0.25, 0.3) is 0 Å². The van der Waals surface area contributed by atoms with Gasteiger partial charge < -0.3 is 10.2 Å². The van der Waals surface area contributed by atoms with Crippen molar-refractivity contribution >= 4 is 39.8 Å². The molecule has 0 spiro atoms. The number of benzene rings is 1. The lowest BCUT2D eigenvalue weighted by molar-refractivity contribution is 0.477. The number of aliphatic imine (C=N–C) groups is 1. The van der Waals surface area contributed by atoms with Crippen LogP contribution in [0.5, 0.6) is 0 Å². The molecule has 0 aliphatic carbocycles. The van der Waals surface area contributed by atoms with Crippen LogP contribution in [0, 0.1) is 6.92 Å². The first kappa shape index (κ1) is 22.2. The lowest BCUT2D eigenvalue weighted by Gasteiger charge is -2.22. The molecule has 0 fully saturated rings. The SMILES string of the molecule is CCNC(=NCCCS(C)(=O)=O)N(C)Cc1ccc(C)cc1.I. The Hall–Kier alpha value is -0.830. The van der Waals surface area contributed by atoms with E-state index in [1.807, 2.05) is 14.0 Å². The smallest absolute Gasteiger partial charge is 0.193 e. The molecule has 1 N–H and O–H groups in total. The van der Waals surface area contributed by atoms with Gasteiger partial charge in [-0.15, -0.1) is 24.0 Å². The number of halogens is 1. The van der Waals surface area contributed by atoms with Gasteiger partial charge in [-0.05, 0) is 25.8 Å². The minimum atomic E-state index is -2.91. The summed E-state index contributed by atoms with van der Waals surface area (Å²) in [5.41, 5.74) is 2.46. The molecule has 0 saturated carbocycles. The van der Waals surface area contributed by atoms with Crippen LogP contribution in [0.2, 0.25) is 0 Å². The largest absolute Gasteiger partial charge is 0.357 e. The molecule has 5 nitrogen and oxygen atoms in total. The van der Waals surface area contributed by atoms with Gasteiger partial charge in [0, 0.05) is 32.9 Å². The minimum absolute atomic E-state index is 0. The highest BCUT2D eigenvalue weighted by atomic mass is 127. The Kier molecular flexibility index (Phi) is 10.5. The quantitative estimate of drug-likeness (QED) is 0.298. The van der Waals surface area contributed by atoms with Crippen LogP contribution >= 0.6 is 24.0 Å². The third kappa shape index (κ3) is 9.80. The zero-order chi connectivity index (χ0) is 16.6. The molecule has 132 valence electrons. The summed E-state index contributed by atoms with van der Waals surface area (Å²) in [6, 6.07) is 8.41. The summed E-state index contributed by atoms with van der Waals surface area (Å²) in [7, 11) is -0.926. The number of nitrogens with one attached hydrogen (secondary N) is 1. The standard InChI is InChI=1S/C16H27N3O2S.HI/c1-5-17-16(18-11-6-12-22(4,20)21)19(3)13-15-9-7-14(2)8-10-15;/h7-10H,5-6,11-13H2,1-4H3,(H,17,18);1H. The molecule has 7 heteroatoms. The van der Waals surface area contributed by atoms with Crippen molar-refractivity contribution in [2.45, 2.75) is 26.8 Å². The summed E-state index contributed by atoms with van der Waals surface area (Å²) in [6.07, 6.45) is 1.80. The molecule has 0 saturated heterocycles. The summed E-state index contributed by atoms with van der Waals surface area (Å²) in [5.74, 6) is 0.981. The molecule has 0 radical (unpaired) electrons. The number of nitrogens with zero attached hydrogens (tertiary/aromatic N) is 2. The number of guanidine groups is 1. The first-order valence-electron chi connectivity index (χ1n) is 7.54. The van der Waals surface area contributed by atoms with E-state index >= 15 is 0 Å². The molecule has 0 unspecified atom stereocenters. The van der Waals surface area contributed by atoms with Gasteiger partial charge in [-0.3, -0.25) is 4.99 Å². The molecule has 0 aliphatic heterocycles. The van der Waals surface area contributed by atoms with E-state index in [1.54, 1.807) is 0 Å². The maximum Gasteiger partial charge on any atom is 0.193 e. The molecular formula is C16H28IN3O2S. The summed E-state index contributed by atoms with van der Waals surface area (Å²) >= 11 is 0. The average Bonchev–Trinajstić information content (AvgIpc) is 2.43. The fraction of sp³-hybridized carbons (Fsp3) is 0.562. The van der Waals surface area contributed by atoms with Crippen LogP contribution in [0.25, 0.3) is 0 Å². The van der Waals surface area contributed by atoms with Gasteiger partial charge >= 0.3 is 0 Å². The highest BCUT2D eigenvalue weighted by molar-refractivity contribution is 14.0. The third-order valence-corrected chi connectivity index (χ3v) is 4.20. The molecule has 0 atom stereocenters. The van der Waals surface area contributed by atoms with E-state index in [1.165, 1.54) is 17.4 Å². The maximum atomic E-state index is 11.1. The van der Waals surface area contributed by atoms with Crippen LogP contribution in [0.3, 0.4) is 0 Å². The van der Waals surface area contributed by atoms with Crippen LogP contribution in [0.4, 0.5) is 0 Å². The van der Waals surface area contributed by atoms with E-state index in [9.17, 15) is 8.42 Å². The molecule has 1 aromatic carbocycles. The lowest BCUT2D eigenvalue weighted by atomic mass is 10.1. The first-order valence-corrected chi connectivity index (χ1v) is 9.60. The molecule has 0 bridgehead atoms. The Morgan fingerprint density at radius 3 is 2.39 bits per heavy atom. The van der Waals surface area contributed by atoms with Crippen LogP contribution in [0.1, 0.15) is 24.5 Å². The molecule has 23 heavy (non-hydrogen) atoms. The summed E-state index contributed by atoms with van der Waals surface area (Å²) in [5, 5.41) is 3.24. The molecule has 1 rings (SSSR count). The summed E-state index contributed by atoms with van der Waals surface area (Å²) in [6.45, 7) is 6.14. The molecular weight excluding hydrogens is 425 g/mol. The summed E-state index contributed by atoms with van der Waals surface area (Å²) in [4.78, 5) is 6.55. The second-order valence-electron chi connectivity index (χ2n) is 5.56. The molecule has 1 aromatic rings. The highest BCUT2D eigenvalue weighted by Crippen LogP contribution is 2.06. The fourth-order valence-corrected chi connectivity index (χ4v) is 2.68. The van der Waals surface area contributed by atoms with Crippen molar-refractivity contribution in [1.29, 1.82) is 0 Å². The van der Waals surface area contributed by atoms with E-state index in [4.69, 9.17) is 0 Å². The van der Waals surface area contributed by atoms with Crippen molar-refractivity contribution < 1.29 is 8.42 Å². The predicted molar refractivity (Wildman–Crippen MR) is 108 cm³/mol. The van der Waals surface area contributed by atoms with E-state index < -0.39 is 9.84 Å². The predicted octanol–water partition coefficient (Wildman–Crippen LogP) is 2.45. The monoisotopic (exact) mass is 453 g/mol. The second kappa shape index (κ2) is 10.9. The van der Waals surface area contributed by atoms with Gasteiger partial charge in [0.1, 0.15) is 9.84 Å². The minimum Gasteiger partial charge on any atom is -0.357 e. The maximum absolute atomic E-state index is 11.1. The van der Waals surface area contributed by atoms with Crippen LogP contribution in [0.15, 0.2) is 29.3 Å². The van der Waals surface area contributed by atoms with Gasteiger partial charge in [-0.1, -0.05) is 29.8 Å². The van der Waals surface area contributed by atoms with Crippen LogP contribution < -0.4 is 5.32 Å². The first-order chi connectivity index (χ1) is 10.3. The van der Waals surface area contributed by atoms with Gasteiger partial charge in [0.05, 0.1) is 5.75 Å². The van der Waals surface area contributed by atoms with Gasteiger partial charge in [-0.2, -0.15) is 0 Å². The molecule has 0 heterocycles. The van der Waals surface area contributed by atoms with E-state index in [2.05, 4.69) is 46.4 Å². The van der Waals surface area contributed by atoms with Gasteiger partial charge in [0.15, 0.2) is 5.96 Å². The van der Waals surface area contributed by atoms with Crippen LogP contribution in [-0.4, -0.2) is 51.4 Å². The van der Waals surface area contributed by atoms with Crippen molar-refractivity contribution in [2.75, 3.05) is 32.1 Å². The Labute approximate surface area is 157 Å². The lowest BCUT2D eigenvalue weighted by Crippen LogP contribution is -2.38. The van der Waals surface area contributed by atoms with Crippen molar-refractivity contribution in [3.63, 3.8) is 0 Å². The zero-order valence-electron chi connectivity index (χ0n) is 14.4. The van der Waals surface area contributed by atoms with Crippen LogP contribution in [-0.2, 0) is 16.4 Å². The number of hydrogen-bond donors (Lipinski definition) is 1. The van der Waals surface area contributed by atoms with Crippen molar-refractivity contribution in [3.8, 4) is 0 Å². The number of hydrogen-bond acceptors (Lipinski definition) is 3. The molecule has 0 amide bonds. The molecule has 0 aromatic heterocycles. The van der Waals surface area contributed by atoms with Gasteiger partial charge in [-0.25, -0.2) is 8.42 Å². The van der Waals surface area contributed by atoms with E-state index in [0.29, 0.717) is 13.0 Å². The van der Waals surface area contributed by atoms with E-state index in [-0.39, 0.29) is 29.7 Å². The van der Waals surface area contributed by atoms with Gasteiger partial charge in [0.2, 0.25) is 0 Å². The van der Waals surface area contributed by atoms with E-state index in [0.717, 1.165) is 19.0 Å². The topological polar surface area (TPSA) is 61.8 Å². The normalized spacial score (nSPS) is 11.7. The highest BCUT2D eigenvalue weighted by Gasteiger charge is 2.07. The Morgan fingerprint density at radius 1 is 1.26 bits per heavy atom. The Morgan fingerprint density at radius 2 is 1.87 bits per heavy atom. The fourth-order valence-electron chi connectivity index (χ4n) is 2.02. The third-order valence-electron chi connectivity index (χ3n) is 3.17.